The van der Waals surface area contributed by atoms with E-state index in [0.29, 0.717) is 30.9 Å². The fourth-order valence-electron chi connectivity index (χ4n) is 1.13. The summed E-state index contributed by atoms with van der Waals surface area (Å²) in [5, 5.41) is 11.4. The van der Waals surface area contributed by atoms with Crippen LogP contribution in [0.25, 0.3) is 0 Å². The van der Waals surface area contributed by atoms with Crippen molar-refractivity contribution in [3.8, 4) is 0 Å². The van der Waals surface area contributed by atoms with Crippen LogP contribution in [0.4, 0.5) is 5.69 Å². The van der Waals surface area contributed by atoms with Gasteiger partial charge in [0, 0.05) is 0 Å². The Kier molecular flexibility index (Phi) is 4.04. The Hall–Kier alpha value is -0.612. The number of nitrogens with zero attached hydrogens (tertiary/aromatic N) is 2. The first-order valence-corrected chi connectivity index (χ1v) is 6.80. The normalized spacial score (nSPS) is 10.3. The van der Waals surface area contributed by atoms with Gasteiger partial charge in [0.15, 0.2) is 0 Å². The summed E-state index contributed by atoms with van der Waals surface area (Å²) in [6.07, 6.45) is 0. The van der Waals surface area contributed by atoms with Crippen molar-refractivity contribution in [2.75, 3.05) is 5.32 Å². The van der Waals surface area contributed by atoms with E-state index in [1.807, 2.05) is 0 Å². The van der Waals surface area contributed by atoms with Crippen LogP contribution in [0.1, 0.15) is 5.69 Å². The molecule has 1 atom stereocenters. The van der Waals surface area contributed by atoms with Crippen molar-refractivity contribution in [2.45, 2.75) is 0 Å². The molecule has 8 heteroatoms. The molecule has 1 N–H and O–H groups in total. The second-order valence-electron chi connectivity index (χ2n) is 3.08. The van der Waals surface area contributed by atoms with Gasteiger partial charge in [0.1, 0.15) is 0 Å². The molecule has 0 aliphatic rings. The van der Waals surface area contributed by atoms with Gasteiger partial charge in [-0.15, -0.1) is 0 Å². The second kappa shape index (κ2) is 5.36. The molecular weight excluding hydrogens is 344 g/mol. The van der Waals surface area contributed by atoms with Crippen LogP contribution in [-0.4, -0.2) is 32.2 Å². The molecule has 1 aromatic carbocycles. The van der Waals surface area contributed by atoms with Crippen molar-refractivity contribution in [1.29, 1.82) is 0 Å². The Balaban J connectivity index is 2.24. The van der Waals surface area contributed by atoms with E-state index >= 15 is 0 Å². The average Bonchev–Trinajstić information content (AvgIpc) is 2.70. The third-order valence-electron chi connectivity index (χ3n) is 1.91. The quantitative estimate of drug-likeness (QED) is 0.656. The van der Waals surface area contributed by atoms with Gasteiger partial charge in [-0.2, -0.15) is 0 Å². The summed E-state index contributed by atoms with van der Waals surface area (Å²) >= 11 is 18.3. The predicted octanol–water partition coefficient (Wildman–Crippen LogP) is 1.42. The van der Waals surface area contributed by atoms with Gasteiger partial charge in [-0.1, -0.05) is 0 Å². The summed E-state index contributed by atoms with van der Waals surface area (Å²) in [5.74, 6) is 0. The van der Waals surface area contributed by atoms with Crippen molar-refractivity contribution in [1.82, 2.24) is 10.3 Å². The van der Waals surface area contributed by atoms with Crippen molar-refractivity contribution in [3.63, 3.8) is 0 Å². The molecule has 0 saturated carbocycles. The number of anilines is 1. The van der Waals surface area contributed by atoms with E-state index in [1.165, 1.54) is 16.9 Å². The molecule has 1 unspecified atom stereocenters. The number of rotatable bonds is 2. The molecule has 4 nitrogen and oxygen atoms in total. The number of thiocarbonyl (C=S) groups is 1. The van der Waals surface area contributed by atoms with Gasteiger partial charge in [0.2, 0.25) is 0 Å². The minimum absolute atomic E-state index is 0.398. The summed E-state index contributed by atoms with van der Waals surface area (Å²) in [7, 11) is 0. The zero-order valence-electron chi connectivity index (χ0n) is 8.28. The second-order valence-corrected chi connectivity index (χ2v) is 5.48. The van der Waals surface area contributed by atoms with Crippen molar-refractivity contribution >= 4 is 67.4 Å². The van der Waals surface area contributed by atoms with Gasteiger partial charge >= 0.3 is 122 Å². The van der Waals surface area contributed by atoms with Gasteiger partial charge in [0.05, 0.1) is 0 Å². The van der Waals surface area contributed by atoms with Crippen LogP contribution in [-0.2, 0) is 0 Å². The molecule has 2 aromatic rings. The van der Waals surface area contributed by atoms with Gasteiger partial charge in [-0.25, -0.2) is 0 Å². The fourth-order valence-corrected chi connectivity index (χ4v) is 2.45. The molecule has 0 aliphatic carbocycles. The molecule has 0 saturated heterocycles. The fraction of sp³-hybridized carbons (Fsp3) is 0. The van der Waals surface area contributed by atoms with E-state index in [0.717, 1.165) is 0 Å². The molecule has 17 heavy (non-hydrogen) atoms. The van der Waals surface area contributed by atoms with E-state index in [2.05, 4.69) is 20.3 Å². The van der Waals surface area contributed by atoms with Crippen LogP contribution in [0.3, 0.4) is 0 Å². The molecule has 1 heterocycles. The Bertz CT molecular complexity index is 575. The third-order valence-corrected chi connectivity index (χ3v) is 3.56. The molecule has 0 radical (unpaired) electrons. The van der Waals surface area contributed by atoms with E-state index in [9.17, 15) is 0 Å². The van der Waals surface area contributed by atoms with Crippen LogP contribution < -0.4 is 9.80 Å². The van der Waals surface area contributed by atoms with E-state index in [1.54, 1.807) is 18.2 Å². The number of hydrogen-bond acceptors (Lipinski definition) is 4. The summed E-state index contributed by atoms with van der Waals surface area (Å²) < 4.78 is 5.26. The molecule has 0 amide bonds. The third kappa shape index (κ3) is 2.99. The average molecular weight is 350 g/mol. The first kappa shape index (κ1) is 12.8. The number of aromatic nitrogens is 2. The zero-order chi connectivity index (χ0) is 12.4. The standard InChI is InChI=1S/C9H6AsCl2N3OS/c10-8-7(14-16-15-8)9(17)13-6-3-4(11)1-2-5(6)12/h1-3H,10H2,(H,13,17). The molecule has 0 spiro atoms. The van der Waals surface area contributed by atoms with Crippen LogP contribution in [0.2, 0.25) is 10.0 Å². The monoisotopic (exact) mass is 349 g/mol. The van der Waals surface area contributed by atoms with Crippen molar-refractivity contribution in [2.24, 2.45) is 0 Å². The van der Waals surface area contributed by atoms with Crippen LogP contribution in [0.5, 0.6) is 0 Å². The number of halogens is 2. The SMILES string of the molecule is S=C(Nc1cc(Cl)ccc1Cl)c1nonc1[AsH2]. The Morgan fingerprint density at radius 3 is 2.76 bits per heavy atom. The molecule has 0 bridgehead atoms. The van der Waals surface area contributed by atoms with Gasteiger partial charge in [0.25, 0.3) is 0 Å². The maximum atomic E-state index is 6.01. The van der Waals surface area contributed by atoms with Crippen molar-refractivity contribution in [3.05, 3.63) is 33.9 Å². The minimum atomic E-state index is 0.398. The number of nitrogens with one attached hydrogen (secondary N) is 1. The van der Waals surface area contributed by atoms with Gasteiger partial charge < -0.3 is 0 Å². The first-order valence-electron chi connectivity index (χ1n) is 4.42. The summed E-state index contributed by atoms with van der Waals surface area (Å²) in [4.78, 5) is 0.398. The van der Waals surface area contributed by atoms with Crippen molar-refractivity contribution < 1.29 is 4.63 Å². The molecular formula is C9H6AsCl2N3OS. The predicted molar refractivity (Wildman–Crippen MR) is 74.3 cm³/mol. The summed E-state index contributed by atoms with van der Waals surface area (Å²) in [5.41, 5.74) is 1.13. The van der Waals surface area contributed by atoms with E-state index in [4.69, 9.17) is 35.4 Å². The number of benzene rings is 1. The Morgan fingerprint density at radius 1 is 1.35 bits per heavy atom. The molecule has 2 rings (SSSR count). The topological polar surface area (TPSA) is 51.0 Å². The molecule has 1 aromatic heterocycles. The van der Waals surface area contributed by atoms with Gasteiger partial charge in [-0.05, 0) is 0 Å². The maximum absolute atomic E-state index is 6.01. The number of hydrogen-bond donors (Lipinski definition) is 1. The van der Waals surface area contributed by atoms with E-state index in [-0.39, 0.29) is 0 Å². The summed E-state index contributed by atoms with van der Waals surface area (Å²) in [6, 6.07) is 5.07. The Morgan fingerprint density at radius 2 is 2.12 bits per heavy atom. The zero-order valence-corrected chi connectivity index (χ0v) is 13.0. The molecule has 88 valence electrons. The first-order chi connectivity index (χ1) is 8.08. The van der Waals surface area contributed by atoms with Crippen LogP contribution in [0, 0.1) is 0 Å². The van der Waals surface area contributed by atoms with Gasteiger partial charge in [-0.3, -0.25) is 0 Å². The van der Waals surface area contributed by atoms with Crippen LogP contribution in [0.15, 0.2) is 22.8 Å². The van der Waals surface area contributed by atoms with Crippen LogP contribution >= 0.6 is 35.4 Å². The molecule has 0 fully saturated rings. The van der Waals surface area contributed by atoms with E-state index < -0.39 is 0 Å². The summed E-state index contributed by atoms with van der Waals surface area (Å²) in [6.45, 7) is 0. The Labute approximate surface area is 121 Å². The molecule has 0 aliphatic heterocycles.